The second-order valence-corrected chi connectivity index (χ2v) is 7.08. The molecule has 0 aliphatic heterocycles. The van der Waals surface area contributed by atoms with Gasteiger partial charge in [0.2, 0.25) is 11.8 Å². The molecule has 0 bridgehead atoms. The number of carbonyl (C=O) groups excluding carboxylic acids is 2. The zero-order chi connectivity index (χ0) is 20.1. The number of H-pyrrole nitrogens is 1. The largest absolute Gasteiger partial charge is 0.497 e. The number of nitrogens with zero attached hydrogens (tertiary/aromatic N) is 2. The summed E-state index contributed by atoms with van der Waals surface area (Å²) in [6.45, 7) is 4.15. The summed E-state index contributed by atoms with van der Waals surface area (Å²) in [5.74, 6) is 1.02. The molecule has 0 fully saturated rings. The van der Waals surface area contributed by atoms with Crippen molar-refractivity contribution in [2.45, 2.75) is 32.9 Å². The van der Waals surface area contributed by atoms with Crippen LogP contribution >= 0.6 is 0 Å². The Morgan fingerprint density at radius 2 is 2.07 bits per heavy atom. The summed E-state index contributed by atoms with van der Waals surface area (Å²) in [5, 5.41) is 13.1. The molecular weight excluding hydrogens is 358 g/mol. The van der Waals surface area contributed by atoms with Gasteiger partial charge in [0.15, 0.2) is 0 Å². The van der Waals surface area contributed by atoms with Crippen LogP contribution in [-0.2, 0) is 16.1 Å². The zero-order valence-electron chi connectivity index (χ0n) is 16.2. The van der Waals surface area contributed by atoms with Crippen LogP contribution in [-0.4, -0.2) is 39.7 Å². The Morgan fingerprint density at radius 1 is 1.25 bits per heavy atom. The second kappa shape index (κ2) is 8.60. The summed E-state index contributed by atoms with van der Waals surface area (Å²) >= 11 is 0. The molecule has 0 radical (unpaired) electrons. The number of aromatic amines is 1. The minimum atomic E-state index is -0.627. The van der Waals surface area contributed by atoms with Crippen LogP contribution in [0.5, 0.6) is 5.75 Å². The number of rotatable bonds is 8. The van der Waals surface area contributed by atoms with Gasteiger partial charge < -0.3 is 19.9 Å². The molecule has 1 aromatic carbocycles. The van der Waals surface area contributed by atoms with Gasteiger partial charge in [0, 0.05) is 23.2 Å². The van der Waals surface area contributed by atoms with Crippen molar-refractivity contribution in [3.63, 3.8) is 0 Å². The number of benzene rings is 1. The summed E-state index contributed by atoms with van der Waals surface area (Å²) < 4.78 is 7.08. The number of carbonyl (C=O) groups is 2. The number of ether oxygens (including phenoxy) is 1. The second-order valence-electron chi connectivity index (χ2n) is 7.08. The number of amides is 2. The van der Waals surface area contributed by atoms with Crippen molar-refractivity contribution in [1.82, 2.24) is 20.1 Å². The third kappa shape index (κ3) is 4.70. The number of methoxy groups -OCH3 is 1. The topological polar surface area (TPSA) is 101 Å². The standard InChI is InChI=1S/C20H25N5O3/c1-13(2)10-16(20(27)23-18-6-8-21-24-18)22-19(26)12-25-9-7-14-11-15(28-3)4-5-17(14)25/h4-9,11,13,16H,10,12H2,1-3H3,(H,22,26)(H2,21,23,24,27)/t16-/m0/s1. The Labute approximate surface area is 163 Å². The van der Waals surface area contributed by atoms with Gasteiger partial charge in [-0.2, -0.15) is 5.10 Å². The first-order chi connectivity index (χ1) is 13.5. The minimum Gasteiger partial charge on any atom is -0.497 e. The molecule has 3 N–H and O–H groups in total. The molecule has 1 atom stereocenters. The van der Waals surface area contributed by atoms with Gasteiger partial charge in [0.25, 0.3) is 0 Å². The van der Waals surface area contributed by atoms with E-state index >= 15 is 0 Å². The first kappa shape index (κ1) is 19.5. The van der Waals surface area contributed by atoms with E-state index in [4.69, 9.17) is 4.74 Å². The summed E-state index contributed by atoms with van der Waals surface area (Å²) in [7, 11) is 1.62. The lowest BCUT2D eigenvalue weighted by Crippen LogP contribution is -2.45. The monoisotopic (exact) mass is 383 g/mol. The highest BCUT2D eigenvalue weighted by atomic mass is 16.5. The van der Waals surface area contributed by atoms with Crippen molar-refractivity contribution < 1.29 is 14.3 Å². The number of aromatic nitrogens is 3. The molecule has 3 aromatic rings. The lowest BCUT2D eigenvalue weighted by molar-refractivity contribution is -0.127. The maximum atomic E-state index is 12.6. The van der Waals surface area contributed by atoms with Gasteiger partial charge >= 0.3 is 0 Å². The van der Waals surface area contributed by atoms with Gasteiger partial charge in [-0.05, 0) is 36.6 Å². The maximum absolute atomic E-state index is 12.6. The van der Waals surface area contributed by atoms with Crippen molar-refractivity contribution in [2.75, 3.05) is 12.4 Å². The van der Waals surface area contributed by atoms with Gasteiger partial charge in [0.05, 0.1) is 13.3 Å². The van der Waals surface area contributed by atoms with Crippen molar-refractivity contribution >= 4 is 28.5 Å². The third-order valence-corrected chi connectivity index (χ3v) is 4.41. The number of fused-ring (bicyclic) bond motifs is 1. The van der Waals surface area contributed by atoms with Gasteiger partial charge in [-0.1, -0.05) is 13.8 Å². The SMILES string of the molecule is COc1ccc2c(ccn2CC(=O)N[C@@H](CC(C)C)C(=O)Nc2ccn[nH]2)c1. The average Bonchev–Trinajstić information content (AvgIpc) is 3.30. The van der Waals surface area contributed by atoms with E-state index in [-0.39, 0.29) is 24.3 Å². The van der Waals surface area contributed by atoms with Crippen LogP contribution in [0.4, 0.5) is 5.82 Å². The van der Waals surface area contributed by atoms with E-state index in [1.807, 2.05) is 48.9 Å². The van der Waals surface area contributed by atoms with E-state index in [1.165, 1.54) is 0 Å². The molecule has 0 saturated carbocycles. The fourth-order valence-corrected chi connectivity index (χ4v) is 3.09. The fraction of sp³-hybridized carbons (Fsp3) is 0.350. The first-order valence-corrected chi connectivity index (χ1v) is 9.18. The molecular formula is C20H25N5O3. The lowest BCUT2D eigenvalue weighted by atomic mass is 10.0. The number of anilines is 1. The summed E-state index contributed by atoms with van der Waals surface area (Å²) in [4.78, 5) is 25.2. The Balaban J connectivity index is 1.68. The fourth-order valence-electron chi connectivity index (χ4n) is 3.09. The Morgan fingerprint density at radius 3 is 2.75 bits per heavy atom. The molecule has 0 aliphatic rings. The van der Waals surface area contributed by atoms with Gasteiger partial charge in [-0.15, -0.1) is 0 Å². The van der Waals surface area contributed by atoms with Crippen LogP contribution in [0.1, 0.15) is 20.3 Å². The Hall–Kier alpha value is -3.29. The lowest BCUT2D eigenvalue weighted by Gasteiger charge is -2.20. The van der Waals surface area contributed by atoms with E-state index in [0.717, 1.165) is 16.7 Å². The summed E-state index contributed by atoms with van der Waals surface area (Å²) in [6.07, 6.45) is 3.94. The highest BCUT2D eigenvalue weighted by molar-refractivity contribution is 5.96. The van der Waals surface area contributed by atoms with Crippen LogP contribution in [0.15, 0.2) is 42.7 Å². The number of hydrogen-bond acceptors (Lipinski definition) is 4. The molecule has 2 heterocycles. The molecule has 148 valence electrons. The maximum Gasteiger partial charge on any atom is 0.248 e. The van der Waals surface area contributed by atoms with Crippen LogP contribution in [0.3, 0.4) is 0 Å². The van der Waals surface area contributed by atoms with Crippen LogP contribution in [0, 0.1) is 5.92 Å². The van der Waals surface area contributed by atoms with Gasteiger partial charge in [-0.25, -0.2) is 0 Å². The number of hydrogen-bond donors (Lipinski definition) is 3. The van der Waals surface area contributed by atoms with Crippen molar-refractivity contribution in [3.05, 3.63) is 42.7 Å². The zero-order valence-corrected chi connectivity index (χ0v) is 16.2. The number of nitrogens with one attached hydrogen (secondary N) is 3. The van der Waals surface area contributed by atoms with E-state index in [1.54, 1.807) is 19.4 Å². The third-order valence-electron chi connectivity index (χ3n) is 4.41. The van der Waals surface area contributed by atoms with Gasteiger partial charge in [0.1, 0.15) is 24.2 Å². The van der Waals surface area contributed by atoms with Gasteiger partial charge in [-0.3, -0.25) is 14.7 Å². The van der Waals surface area contributed by atoms with Crippen molar-refractivity contribution in [2.24, 2.45) is 5.92 Å². The molecule has 0 saturated heterocycles. The molecule has 0 aliphatic carbocycles. The highest BCUT2D eigenvalue weighted by Crippen LogP contribution is 2.21. The predicted octanol–water partition coefficient (Wildman–Crippen LogP) is 2.54. The summed E-state index contributed by atoms with van der Waals surface area (Å²) in [6, 6.07) is 8.66. The van der Waals surface area contributed by atoms with E-state index in [0.29, 0.717) is 12.2 Å². The molecule has 2 aromatic heterocycles. The van der Waals surface area contributed by atoms with Crippen LogP contribution in [0.2, 0.25) is 0 Å². The molecule has 0 spiro atoms. The molecule has 28 heavy (non-hydrogen) atoms. The Bertz CT molecular complexity index is 946. The normalized spacial score (nSPS) is 12.1. The molecule has 2 amide bonds. The predicted molar refractivity (Wildman–Crippen MR) is 107 cm³/mol. The quantitative estimate of drug-likeness (QED) is 0.556. The molecule has 0 unspecified atom stereocenters. The smallest absolute Gasteiger partial charge is 0.248 e. The van der Waals surface area contributed by atoms with Crippen molar-refractivity contribution in [3.8, 4) is 5.75 Å². The van der Waals surface area contributed by atoms with Crippen LogP contribution < -0.4 is 15.4 Å². The van der Waals surface area contributed by atoms with E-state index in [9.17, 15) is 9.59 Å². The van der Waals surface area contributed by atoms with E-state index in [2.05, 4.69) is 20.8 Å². The minimum absolute atomic E-state index is 0.127. The molecule has 8 nitrogen and oxygen atoms in total. The summed E-state index contributed by atoms with van der Waals surface area (Å²) in [5.41, 5.74) is 0.929. The van der Waals surface area contributed by atoms with Crippen LogP contribution in [0.25, 0.3) is 10.9 Å². The highest BCUT2D eigenvalue weighted by Gasteiger charge is 2.22. The average molecular weight is 383 g/mol. The first-order valence-electron chi connectivity index (χ1n) is 9.18. The molecule has 3 rings (SSSR count). The van der Waals surface area contributed by atoms with Crippen molar-refractivity contribution in [1.29, 1.82) is 0 Å². The van der Waals surface area contributed by atoms with E-state index < -0.39 is 6.04 Å². The Kier molecular flexibility index (Phi) is 5.98. The molecule has 8 heteroatoms.